The van der Waals surface area contributed by atoms with E-state index in [2.05, 4.69) is 20.0 Å². The van der Waals surface area contributed by atoms with Crippen LogP contribution in [0.4, 0.5) is 10.2 Å². The molecule has 12 heteroatoms. The van der Waals surface area contributed by atoms with Gasteiger partial charge in [0.1, 0.15) is 16.8 Å². The monoisotopic (exact) mass is 479 g/mol. The zero-order chi connectivity index (χ0) is 21.2. The van der Waals surface area contributed by atoms with Gasteiger partial charge in [-0.1, -0.05) is 47.1 Å². The van der Waals surface area contributed by atoms with Gasteiger partial charge in [0, 0.05) is 37.0 Å². The molecule has 0 bridgehead atoms. The van der Waals surface area contributed by atoms with Crippen molar-refractivity contribution in [3.8, 4) is 0 Å². The van der Waals surface area contributed by atoms with Crippen molar-refractivity contribution >= 4 is 51.0 Å². The Balaban J connectivity index is 1.74. The molecular formula is C17H20Cl2FN5O2S2. The average molecular weight is 480 g/mol. The fourth-order valence-corrected chi connectivity index (χ4v) is 5.58. The number of nitrogens with one attached hydrogen (secondary N) is 2. The van der Waals surface area contributed by atoms with Crippen LogP contribution in [-0.2, 0) is 16.0 Å². The van der Waals surface area contributed by atoms with Crippen molar-refractivity contribution in [1.29, 1.82) is 0 Å². The number of rotatable bonds is 6. The molecule has 1 aromatic carbocycles. The Kier molecular flexibility index (Phi) is 7.23. The third-order valence-electron chi connectivity index (χ3n) is 4.16. The molecule has 7 nitrogen and oxygen atoms in total. The van der Waals surface area contributed by atoms with Gasteiger partial charge in [-0.3, -0.25) is 4.72 Å². The average Bonchev–Trinajstić information content (AvgIpc) is 2.61. The largest absolute Gasteiger partial charge is 0.309 e. The molecule has 0 radical (unpaired) electrons. The molecule has 1 aliphatic heterocycles. The Bertz CT molecular complexity index is 986. The van der Waals surface area contributed by atoms with Gasteiger partial charge in [-0.05, 0) is 25.5 Å². The Morgan fingerprint density at radius 2 is 1.97 bits per heavy atom. The van der Waals surface area contributed by atoms with Crippen LogP contribution >= 0.6 is 35.0 Å². The first-order valence-electron chi connectivity index (χ1n) is 8.78. The molecule has 158 valence electrons. The second kappa shape index (κ2) is 9.32. The predicted molar refractivity (Wildman–Crippen MR) is 114 cm³/mol. The lowest BCUT2D eigenvalue weighted by Gasteiger charge is -2.35. The van der Waals surface area contributed by atoms with Crippen LogP contribution in [0.1, 0.15) is 19.4 Å². The standard InChI is InChI=1S/C17H20Cl2FN5O2S2/c1-10-7-25(8-11(2)21-10)29(26,27)24-15-6-14(19)22-17(23-15)28-9-12-4-3-5-13(18)16(12)20/h3-6,10-11,21H,7-9H2,1-2H3,(H,22,23,24)/t10-,11+. The summed E-state index contributed by atoms with van der Waals surface area (Å²) in [7, 11) is -3.81. The molecule has 2 N–H and O–H groups in total. The summed E-state index contributed by atoms with van der Waals surface area (Å²) in [4.78, 5) is 8.27. The predicted octanol–water partition coefficient (Wildman–Crippen LogP) is 3.55. The van der Waals surface area contributed by atoms with Crippen LogP contribution in [0.25, 0.3) is 0 Å². The highest BCUT2D eigenvalue weighted by atomic mass is 35.5. The van der Waals surface area contributed by atoms with Gasteiger partial charge in [0.15, 0.2) is 5.16 Å². The van der Waals surface area contributed by atoms with E-state index in [-0.39, 0.29) is 39.0 Å². The van der Waals surface area contributed by atoms with Crippen molar-refractivity contribution in [1.82, 2.24) is 19.6 Å². The van der Waals surface area contributed by atoms with Gasteiger partial charge in [-0.15, -0.1) is 0 Å². The zero-order valence-electron chi connectivity index (χ0n) is 15.7. The van der Waals surface area contributed by atoms with Crippen molar-refractivity contribution in [2.75, 3.05) is 17.8 Å². The molecule has 0 aliphatic carbocycles. The summed E-state index contributed by atoms with van der Waals surface area (Å²) < 4.78 is 43.3. The molecule has 1 aromatic heterocycles. The lowest BCUT2D eigenvalue weighted by Crippen LogP contribution is -2.56. The van der Waals surface area contributed by atoms with Gasteiger partial charge >= 0.3 is 10.2 Å². The number of thioether (sulfide) groups is 1. The molecule has 0 saturated carbocycles. The van der Waals surface area contributed by atoms with E-state index in [9.17, 15) is 12.8 Å². The first-order valence-corrected chi connectivity index (χ1v) is 12.0. The van der Waals surface area contributed by atoms with Crippen molar-refractivity contribution in [3.63, 3.8) is 0 Å². The van der Waals surface area contributed by atoms with E-state index in [1.165, 1.54) is 16.4 Å². The molecule has 1 aliphatic rings. The molecule has 1 fully saturated rings. The maximum Gasteiger partial charge on any atom is 0.302 e. The molecule has 3 rings (SSSR count). The van der Waals surface area contributed by atoms with E-state index in [1.807, 2.05) is 13.8 Å². The SMILES string of the molecule is C[C@@H]1CN(S(=O)(=O)Nc2cc(Cl)nc(SCc3cccc(Cl)c3F)n2)C[C@H](C)N1. The summed E-state index contributed by atoms with van der Waals surface area (Å²) in [6.45, 7) is 4.52. The summed E-state index contributed by atoms with van der Waals surface area (Å²) in [5, 5.41) is 3.61. The number of hydrogen-bond donors (Lipinski definition) is 2. The summed E-state index contributed by atoms with van der Waals surface area (Å²) in [5.41, 5.74) is 0.386. The van der Waals surface area contributed by atoms with Gasteiger partial charge < -0.3 is 5.32 Å². The normalized spacial score (nSPS) is 20.6. The topological polar surface area (TPSA) is 87.2 Å². The number of anilines is 1. The molecule has 29 heavy (non-hydrogen) atoms. The number of aromatic nitrogens is 2. The van der Waals surface area contributed by atoms with Gasteiger partial charge in [-0.2, -0.15) is 12.7 Å². The number of piperazine rings is 1. The second-order valence-electron chi connectivity index (χ2n) is 6.75. The maximum atomic E-state index is 14.0. The van der Waals surface area contributed by atoms with E-state index in [1.54, 1.807) is 12.1 Å². The number of benzene rings is 1. The second-order valence-corrected chi connectivity index (χ2v) is 10.2. The van der Waals surface area contributed by atoms with Gasteiger partial charge in [0.2, 0.25) is 0 Å². The summed E-state index contributed by atoms with van der Waals surface area (Å²) in [5.74, 6) is -0.240. The van der Waals surface area contributed by atoms with Crippen LogP contribution in [0, 0.1) is 5.82 Å². The minimum atomic E-state index is -3.81. The fraction of sp³-hybridized carbons (Fsp3) is 0.412. The van der Waals surface area contributed by atoms with E-state index in [4.69, 9.17) is 23.2 Å². The Morgan fingerprint density at radius 1 is 1.28 bits per heavy atom. The third kappa shape index (κ3) is 5.93. The molecule has 0 spiro atoms. The smallest absolute Gasteiger partial charge is 0.302 e. The van der Waals surface area contributed by atoms with Crippen molar-refractivity contribution < 1.29 is 12.8 Å². The van der Waals surface area contributed by atoms with Crippen molar-refractivity contribution in [2.45, 2.75) is 36.8 Å². The van der Waals surface area contributed by atoms with Crippen LogP contribution in [0.2, 0.25) is 10.2 Å². The first-order chi connectivity index (χ1) is 13.6. The lowest BCUT2D eigenvalue weighted by atomic mass is 10.2. The molecule has 2 atom stereocenters. The molecular weight excluding hydrogens is 460 g/mol. The van der Waals surface area contributed by atoms with Gasteiger partial charge in [0.25, 0.3) is 0 Å². The highest BCUT2D eigenvalue weighted by molar-refractivity contribution is 7.98. The Morgan fingerprint density at radius 3 is 2.66 bits per heavy atom. The van der Waals surface area contributed by atoms with Gasteiger partial charge in [0.05, 0.1) is 5.02 Å². The van der Waals surface area contributed by atoms with E-state index in [0.29, 0.717) is 18.7 Å². The van der Waals surface area contributed by atoms with E-state index >= 15 is 0 Å². The quantitative estimate of drug-likeness (QED) is 0.374. The van der Waals surface area contributed by atoms with Crippen molar-refractivity contribution in [2.24, 2.45) is 0 Å². The maximum absolute atomic E-state index is 14.0. The van der Waals surface area contributed by atoms with Crippen LogP contribution in [0.5, 0.6) is 0 Å². The minimum absolute atomic E-state index is 0.0306. The molecule has 0 unspecified atom stereocenters. The molecule has 0 amide bonds. The van der Waals surface area contributed by atoms with E-state index < -0.39 is 16.0 Å². The number of hydrogen-bond acceptors (Lipinski definition) is 6. The number of nitrogens with zero attached hydrogens (tertiary/aromatic N) is 3. The first kappa shape index (κ1) is 22.5. The molecule has 2 heterocycles. The molecule has 1 saturated heterocycles. The highest BCUT2D eigenvalue weighted by Gasteiger charge is 2.30. The zero-order valence-corrected chi connectivity index (χ0v) is 18.8. The fourth-order valence-electron chi connectivity index (χ4n) is 2.99. The van der Waals surface area contributed by atoms with Crippen LogP contribution in [-0.4, -0.2) is 47.9 Å². The Hall–Kier alpha value is -1.17. The van der Waals surface area contributed by atoms with Gasteiger partial charge in [-0.25, -0.2) is 14.4 Å². The van der Waals surface area contributed by atoms with Crippen LogP contribution < -0.4 is 10.0 Å². The lowest BCUT2D eigenvalue weighted by molar-refractivity contribution is 0.264. The van der Waals surface area contributed by atoms with Crippen LogP contribution in [0.3, 0.4) is 0 Å². The number of halogens is 3. The molecule has 2 aromatic rings. The summed E-state index contributed by atoms with van der Waals surface area (Å²) in [6, 6.07) is 6.11. The highest BCUT2D eigenvalue weighted by Crippen LogP contribution is 2.27. The van der Waals surface area contributed by atoms with E-state index in [0.717, 1.165) is 11.8 Å². The summed E-state index contributed by atoms with van der Waals surface area (Å²) >= 11 is 12.9. The third-order valence-corrected chi connectivity index (χ3v) is 6.99. The van der Waals surface area contributed by atoms with Crippen LogP contribution in [0.15, 0.2) is 29.4 Å². The minimum Gasteiger partial charge on any atom is -0.309 e. The van der Waals surface area contributed by atoms with Crippen molar-refractivity contribution in [3.05, 3.63) is 45.8 Å². The Labute approximate surface area is 183 Å². The summed E-state index contributed by atoms with van der Waals surface area (Å²) in [6.07, 6.45) is 0.